The van der Waals surface area contributed by atoms with E-state index in [2.05, 4.69) is 5.32 Å². The van der Waals surface area contributed by atoms with E-state index in [4.69, 9.17) is 0 Å². The van der Waals surface area contributed by atoms with Crippen molar-refractivity contribution in [3.63, 3.8) is 0 Å². The Morgan fingerprint density at radius 2 is 1.77 bits per heavy atom. The lowest BCUT2D eigenvalue weighted by molar-refractivity contribution is -0.137. The summed E-state index contributed by atoms with van der Waals surface area (Å²) in [6, 6.07) is 13.8. The first-order chi connectivity index (χ1) is 14.1. The van der Waals surface area contributed by atoms with Gasteiger partial charge in [-0.25, -0.2) is 9.18 Å². The van der Waals surface area contributed by atoms with Gasteiger partial charge in [0.2, 0.25) is 0 Å². The summed E-state index contributed by atoms with van der Waals surface area (Å²) in [5.74, 6) is -0.317. The molecule has 0 radical (unpaired) electrons. The normalized spacial score (nSPS) is 11.6. The van der Waals surface area contributed by atoms with E-state index in [0.29, 0.717) is 6.54 Å². The summed E-state index contributed by atoms with van der Waals surface area (Å²) >= 11 is 1.46. The summed E-state index contributed by atoms with van der Waals surface area (Å²) in [6.07, 6.45) is -4.43. The second kappa shape index (κ2) is 8.87. The monoisotopic (exact) mass is 436 g/mol. The average Bonchev–Trinajstić information content (AvgIpc) is 3.14. The quantitative estimate of drug-likeness (QED) is 0.429. The highest BCUT2D eigenvalue weighted by molar-refractivity contribution is 7.15. The lowest BCUT2D eigenvalue weighted by atomic mass is 10.2. The van der Waals surface area contributed by atoms with Crippen LogP contribution in [0.5, 0.6) is 0 Å². The van der Waals surface area contributed by atoms with Crippen LogP contribution in [0, 0.1) is 5.82 Å². The Balaban J connectivity index is 1.71. The van der Waals surface area contributed by atoms with Crippen LogP contribution < -0.4 is 5.32 Å². The first-order valence-electron chi connectivity index (χ1n) is 9.23. The number of benzene rings is 2. The van der Waals surface area contributed by atoms with E-state index in [-0.39, 0.29) is 17.5 Å². The number of urea groups is 1. The minimum Gasteiger partial charge on any atom is -0.317 e. The molecule has 0 aliphatic rings. The molecule has 2 aromatic carbocycles. The Morgan fingerprint density at radius 3 is 2.37 bits per heavy atom. The number of rotatable bonds is 5. The van der Waals surface area contributed by atoms with E-state index >= 15 is 0 Å². The Labute approximate surface area is 176 Å². The minimum atomic E-state index is -4.43. The third-order valence-electron chi connectivity index (χ3n) is 4.44. The van der Waals surface area contributed by atoms with Crippen LogP contribution in [-0.4, -0.2) is 17.0 Å². The van der Waals surface area contributed by atoms with Gasteiger partial charge in [0.1, 0.15) is 5.82 Å². The van der Waals surface area contributed by atoms with Crippen LogP contribution in [0.1, 0.15) is 24.3 Å². The van der Waals surface area contributed by atoms with E-state index in [9.17, 15) is 22.4 Å². The predicted molar refractivity (Wildman–Crippen MR) is 111 cm³/mol. The molecular weight excluding hydrogens is 416 g/mol. The van der Waals surface area contributed by atoms with Crippen molar-refractivity contribution in [1.29, 1.82) is 0 Å². The number of halogens is 4. The summed E-state index contributed by atoms with van der Waals surface area (Å²) in [5.41, 5.74) is 0.270. The van der Waals surface area contributed by atoms with Gasteiger partial charge in [0.05, 0.1) is 12.1 Å². The van der Waals surface area contributed by atoms with Gasteiger partial charge in [0.15, 0.2) is 0 Å². The van der Waals surface area contributed by atoms with Crippen LogP contribution in [0.15, 0.2) is 60.7 Å². The molecule has 0 saturated carbocycles. The number of carbonyl (C=O) groups is 1. The van der Waals surface area contributed by atoms with Gasteiger partial charge in [-0.05, 0) is 67.9 Å². The van der Waals surface area contributed by atoms with E-state index in [1.54, 1.807) is 11.0 Å². The van der Waals surface area contributed by atoms with Crippen molar-refractivity contribution >= 4 is 23.1 Å². The van der Waals surface area contributed by atoms with Crippen molar-refractivity contribution in [3.05, 3.63) is 76.9 Å². The fraction of sp³-hybridized carbons (Fsp3) is 0.227. The van der Waals surface area contributed by atoms with E-state index in [0.717, 1.165) is 27.5 Å². The van der Waals surface area contributed by atoms with Crippen molar-refractivity contribution in [1.82, 2.24) is 4.90 Å². The summed E-state index contributed by atoms with van der Waals surface area (Å²) in [6.45, 7) is 4.03. The Bertz CT molecular complexity index is 1010. The molecule has 3 aromatic rings. The lowest BCUT2D eigenvalue weighted by Gasteiger charge is -2.26. The van der Waals surface area contributed by atoms with Crippen molar-refractivity contribution in [2.24, 2.45) is 0 Å². The number of hydrogen-bond acceptors (Lipinski definition) is 2. The number of thiophene rings is 1. The van der Waals surface area contributed by atoms with Crippen LogP contribution in [0.25, 0.3) is 10.4 Å². The van der Waals surface area contributed by atoms with Crippen molar-refractivity contribution < 1.29 is 22.4 Å². The molecule has 1 heterocycles. The van der Waals surface area contributed by atoms with E-state index in [1.165, 1.54) is 35.6 Å². The number of alkyl halides is 3. The van der Waals surface area contributed by atoms with Gasteiger partial charge in [-0.2, -0.15) is 13.2 Å². The van der Waals surface area contributed by atoms with Crippen LogP contribution in [-0.2, 0) is 12.7 Å². The zero-order valence-electron chi connectivity index (χ0n) is 16.3. The maximum atomic E-state index is 13.5. The number of carbonyl (C=O) groups excluding carboxylic acids is 1. The molecule has 3 rings (SSSR count). The fourth-order valence-corrected chi connectivity index (χ4v) is 3.86. The third-order valence-corrected chi connectivity index (χ3v) is 5.56. The lowest BCUT2D eigenvalue weighted by Crippen LogP contribution is -2.39. The standard InChI is InChI=1S/C22H20F4N2OS/c1-14(2)28(21(29)27-18-8-6-16(7-9-18)22(24,25)26)13-19-10-11-20(30-19)15-4-3-5-17(23)12-15/h3-12,14H,13H2,1-2H3,(H,27,29). The number of nitrogens with zero attached hydrogens (tertiary/aromatic N) is 1. The second-order valence-corrected chi connectivity index (χ2v) is 8.17. The first kappa shape index (κ1) is 21.8. The zero-order chi connectivity index (χ0) is 21.9. The molecule has 2 amide bonds. The largest absolute Gasteiger partial charge is 0.416 e. The molecule has 0 aliphatic heterocycles. The van der Waals surface area contributed by atoms with Crippen molar-refractivity contribution in [3.8, 4) is 10.4 Å². The van der Waals surface area contributed by atoms with Gasteiger partial charge in [-0.1, -0.05) is 12.1 Å². The average molecular weight is 436 g/mol. The van der Waals surface area contributed by atoms with Crippen molar-refractivity contribution in [2.75, 3.05) is 5.32 Å². The Kier molecular flexibility index (Phi) is 6.45. The highest BCUT2D eigenvalue weighted by Crippen LogP contribution is 2.31. The molecule has 1 N–H and O–H groups in total. The number of amides is 2. The molecule has 0 aliphatic carbocycles. The summed E-state index contributed by atoms with van der Waals surface area (Å²) in [4.78, 5) is 16.1. The van der Waals surface area contributed by atoms with E-state index < -0.39 is 17.8 Å². The first-order valence-corrected chi connectivity index (χ1v) is 10.0. The van der Waals surface area contributed by atoms with Crippen molar-refractivity contribution in [2.45, 2.75) is 32.6 Å². The smallest absolute Gasteiger partial charge is 0.317 e. The van der Waals surface area contributed by atoms with E-state index in [1.807, 2.05) is 32.0 Å². The molecule has 1 aromatic heterocycles. The molecule has 0 unspecified atom stereocenters. The minimum absolute atomic E-state index is 0.140. The molecule has 158 valence electrons. The molecule has 3 nitrogen and oxygen atoms in total. The molecule has 0 saturated heterocycles. The van der Waals surface area contributed by atoms with Gasteiger partial charge < -0.3 is 10.2 Å². The third kappa shape index (κ3) is 5.38. The molecule has 8 heteroatoms. The highest BCUT2D eigenvalue weighted by atomic mass is 32.1. The fourth-order valence-electron chi connectivity index (χ4n) is 2.85. The molecule has 0 bridgehead atoms. The summed E-state index contributed by atoms with van der Waals surface area (Å²) in [5, 5.41) is 2.64. The maximum Gasteiger partial charge on any atom is 0.416 e. The van der Waals surface area contributed by atoms with Gasteiger partial charge in [-0.15, -0.1) is 11.3 Å². The molecule has 0 atom stereocenters. The van der Waals surface area contributed by atoms with Crippen LogP contribution >= 0.6 is 11.3 Å². The SMILES string of the molecule is CC(C)N(Cc1ccc(-c2cccc(F)c2)s1)C(=O)Nc1ccc(C(F)(F)F)cc1. The number of nitrogens with one attached hydrogen (secondary N) is 1. The van der Waals surface area contributed by atoms with Crippen LogP contribution in [0.4, 0.5) is 28.0 Å². The van der Waals surface area contributed by atoms with Gasteiger partial charge in [-0.3, -0.25) is 0 Å². The Hall–Kier alpha value is -2.87. The van der Waals surface area contributed by atoms with Gasteiger partial charge >= 0.3 is 12.2 Å². The molecule has 30 heavy (non-hydrogen) atoms. The summed E-state index contributed by atoms with van der Waals surface area (Å²) in [7, 11) is 0. The number of hydrogen-bond donors (Lipinski definition) is 1. The van der Waals surface area contributed by atoms with Crippen LogP contribution in [0.2, 0.25) is 0 Å². The Morgan fingerprint density at radius 1 is 1.07 bits per heavy atom. The topological polar surface area (TPSA) is 32.3 Å². The highest BCUT2D eigenvalue weighted by Gasteiger charge is 2.30. The van der Waals surface area contributed by atoms with Crippen LogP contribution in [0.3, 0.4) is 0 Å². The maximum absolute atomic E-state index is 13.5. The van der Waals surface area contributed by atoms with Gasteiger partial charge in [0.25, 0.3) is 0 Å². The molecule has 0 fully saturated rings. The number of anilines is 1. The predicted octanol–water partition coefficient (Wildman–Crippen LogP) is 7.02. The zero-order valence-corrected chi connectivity index (χ0v) is 17.2. The van der Waals surface area contributed by atoms with Gasteiger partial charge in [0, 0.05) is 21.5 Å². The molecular formula is C22H20F4N2OS. The second-order valence-electron chi connectivity index (χ2n) is 7.00. The molecule has 0 spiro atoms. The summed E-state index contributed by atoms with van der Waals surface area (Å²) < 4.78 is 51.5.